The maximum atomic E-state index is 11.5. The molecule has 1 aromatic carbocycles. The molecule has 0 aliphatic carbocycles. The molecule has 7 heteroatoms. The number of carbonyl (C=O) groups excluding carboxylic acids is 1. The third-order valence-corrected chi connectivity index (χ3v) is 2.65. The second kappa shape index (κ2) is 6.93. The van der Waals surface area contributed by atoms with Crippen molar-refractivity contribution in [3.8, 4) is 0 Å². The quantitative estimate of drug-likeness (QED) is 0.461. The van der Waals surface area contributed by atoms with Crippen LogP contribution in [0.3, 0.4) is 0 Å². The molecule has 18 heavy (non-hydrogen) atoms. The Morgan fingerprint density at radius 1 is 1.44 bits per heavy atom. The van der Waals surface area contributed by atoms with Gasteiger partial charge in [-0.15, -0.1) is 0 Å². The number of nitro groups is 1. The van der Waals surface area contributed by atoms with E-state index in [0.29, 0.717) is 18.7 Å². The van der Waals surface area contributed by atoms with Gasteiger partial charge in [-0.1, -0.05) is 17.7 Å². The van der Waals surface area contributed by atoms with Crippen LogP contribution in [0, 0.1) is 10.1 Å². The minimum Gasteiger partial charge on any atom is -0.355 e. The maximum Gasteiger partial charge on any atom is 0.270 e. The lowest BCUT2D eigenvalue weighted by Crippen LogP contribution is -2.31. The van der Waals surface area contributed by atoms with Crippen LogP contribution in [-0.4, -0.2) is 31.0 Å². The number of likely N-dealkylation sites (N-methyl/N-ethyl adjacent to an activating group) is 1. The van der Waals surface area contributed by atoms with Gasteiger partial charge in [-0.2, -0.15) is 0 Å². The van der Waals surface area contributed by atoms with Crippen molar-refractivity contribution < 1.29 is 9.72 Å². The number of nitrogens with zero attached hydrogens (tertiary/aromatic N) is 1. The van der Waals surface area contributed by atoms with E-state index in [0.717, 1.165) is 0 Å². The summed E-state index contributed by atoms with van der Waals surface area (Å²) in [7, 11) is 1.79. The molecule has 0 radical (unpaired) electrons. The predicted octanol–water partition coefficient (Wildman–Crippen LogP) is 1.13. The lowest BCUT2D eigenvalue weighted by molar-refractivity contribution is -0.384. The number of non-ortho nitro benzene ring substituents is 1. The summed E-state index contributed by atoms with van der Waals surface area (Å²) in [4.78, 5) is 21.5. The number of nitro benzene ring substituents is 1. The van der Waals surface area contributed by atoms with Crippen LogP contribution in [-0.2, 0) is 11.2 Å². The number of nitrogens with one attached hydrogen (secondary N) is 2. The van der Waals surface area contributed by atoms with Crippen LogP contribution in [0.2, 0.25) is 5.02 Å². The number of carbonyl (C=O) groups is 1. The van der Waals surface area contributed by atoms with E-state index in [1.165, 1.54) is 18.2 Å². The minimum absolute atomic E-state index is 0.0839. The topological polar surface area (TPSA) is 84.3 Å². The number of rotatable bonds is 6. The normalized spacial score (nSPS) is 10.1. The van der Waals surface area contributed by atoms with Crippen molar-refractivity contribution >= 4 is 23.2 Å². The van der Waals surface area contributed by atoms with Crippen molar-refractivity contribution in [3.05, 3.63) is 38.9 Å². The highest BCUT2D eigenvalue weighted by Gasteiger charge is 2.11. The van der Waals surface area contributed by atoms with Crippen molar-refractivity contribution in [1.29, 1.82) is 0 Å². The summed E-state index contributed by atoms with van der Waals surface area (Å²) in [6, 6.07) is 4.08. The van der Waals surface area contributed by atoms with Gasteiger partial charge in [0.2, 0.25) is 5.91 Å². The number of benzene rings is 1. The van der Waals surface area contributed by atoms with Gasteiger partial charge in [0, 0.05) is 25.2 Å². The molecule has 1 aromatic rings. The lowest BCUT2D eigenvalue weighted by Gasteiger charge is -2.06. The zero-order chi connectivity index (χ0) is 13.5. The number of halogens is 1. The fourth-order valence-electron chi connectivity index (χ4n) is 1.36. The highest BCUT2D eigenvalue weighted by Crippen LogP contribution is 2.22. The summed E-state index contributed by atoms with van der Waals surface area (Å²) in [5.41, 5.74) is 0.489. The molecule has 98 valence electrons. The first-order valence-corrected chi connectivity index (χ1v) is 5.76. The van der Waals surface area contributed by atoms with Crippen LogP contribution < -0.4 is 10.6 Å². The fourth-order valence-corrected chi connectivity index (χ4v) is 1.60. The Labute approximate surface area is 109 Å². The zero-order valence-corrected chi connectivity index (χ0v) is 10.7. The largest absolute Gasteiger partial charge is 0.355 e. The summed E-state index contributed by atoms with van der Waals surface area (Å²) in [6.45, 7) is 1.21. The maximum absolute atomic E-state index is 11.5. The molecular formula is C11H14ClN3O3. The fraction of sp³-hybridized carbons (Fsp3) is 0.364. The van der Waals surface area contributed by atoms with Gasteiger partial charge in [0.05, 0.1) is 16.4 Å². The van der Waals surface area contributed by atoms with Crippen LogP contribution in [0.25, 0.3) is 0 Å². The van der Waals surface area contributed by atoms with E-state index < -0.39 is 4.92 Å². The Balaban J connectivity index is 2.62. The van der Waals surface area contributed by atoms with E-state index >= 15 is 0 Å². The van der Waals surface area contributed by atoms with Crippen molar-refractivity contribution in [2.24, 2.45) is 0 Å². The van der Waals surface area contributed by atoms with E-state index in [-0.39, 0.29) is 23.0 Å². The lowest BCUT2D eigenvalue weighted by atomic mass is 10.1. The highest BCUT2D eigenvalue weighted by atomic mass is 35.5. The Morgan fingerprint density at radius 2 is 2.17 bits per heavy atom. The molecule has 6 nitrogen and oxygen atoms in total. The molecule has 0 saturated heterocycles. The highest BCUT2D eigenvalue weighted by molar-refractivity contribution is 6.31. The van der Waals surface area contributed by atoms with Gasteiger partial charge < -0.3 is 10.6 Å². The molecule has 2 N–H and O–H groups in total. The van der Waals surface area contributed by atoms with Crippen LogP contribution in [0.5, 0.6) is 0 Å². The van der Waals surface area contributed by atoms with E-state index in [9.17, 15) is 14.9 Å². The molecule has 0 spiro atoms. The van der Waals surface area contributed by atoms with Crippen LogP contribution in [0.1, 0.15) is 5.56 Å². The van der Waals surface area contributed by atoms with Crippen molar-refractivity contribution in [3.63, 3.8) is 0 Å². The molecule has 1 amide bonds. The molecule has 0 atom stereocenters. The Morgan fingerprint density at radius 3 is 2.72 bits per heavy atom. The second-order valence-corrected chi connectivity index (χ2v) is 4.07. The van der Waals surface area contributed by atoms with Gasteiger partial charge >= 0.3 is 0 Å². The Kier molecular flexibility index (Phi) is 5.54. The molecule has 0 unspecified atom stereocenters. The summed E-state index contributed by atoms with van der Waals surface area (Å²) in [5.74, 6) is -0.166. The second-order valence-electron chi connectivity index (χ2n) is 3.66. The third kappa shape index (κ3) is 4.31. The smallest absolute Gasteiger partial charge is 0.270 e. The summed E-state index contributed by atoms with van der Waals surface area (Å²) < 4.78 is 0. The first-order chi connectivity index (χ1) is 8.54. The summed E-state index contributed by atoms with van der Waals surface area (Å²) in [6.07, 6.45) is 0.112. The van der Waals surface area contributed by atoms with Crippen molar-refractivity contribution in [2.75, 3.05) is 20.1 Å². The van der Waals surface area contributed by atoms with E-state index in [2.05, 4.69) is 10.6 Å². The van der Waals surface area contributed by atoms with E-state index in [4.69, 9.17) is 11.6 Å². The van der Waals surface area contributed by atoms with E-state index in [1.54, 1.807) is 7.05 Å². The standard InChI is InChI=1S/C11H14ClN3O3/c1-13-4-5-14-11(16)6-8-2-3-9(15(17)18)7-10(8)12/h2-3,7,13H,4-6H2,1H3,(H,14,16). The van der Waals surface area contributed by atoms with Gasteiger partial charge in [0.1, 0.15) is 0 Å². The molecule has 0 aliphatic heterocycles. The van der Waals surface area contributed by atoms with E-state index in [1.807, 2.05) is 0 Å². The van der Waals surface area contributed by atoms with Gasteiger partial charge in [-0.05, 0) is 12.6 Å². The third-order valence-electron chi connectivity index (χ3n) is 2.30. The van der Waals surface area contributed by atoms with Gasteiger partial charge in [-0.3, -0.25) is 14.9 Å². The molecule has 0 aliphatic rings. The SMILES string of the molecule is CNCCNC(=O)Cc1ccc([N+](=O)[O-])cc1Cl. The van der Waals surface area contributed by atoms with Crippen LogP contribution >= 0.6 is 11.6 Å². The summed E-state index contributed by atoms with van der Waals surface area (Å²) in [5, 5.41) is 16.4. The van der Waals surface area contributed by atoms with Crippen LogP contribution in [0.4, 0.5) is 5.69 Å². The molecule has 0 fully saturated rings. The van der Waals surface area contributed by atoms with Gasteiger partial charge in [0.25, 0.3) is 5.69 Å². The van der Waals surface area contributed by atoms with Crippen molar-refractivity contribution in [1.82, 2.24) is 10.6 Å². The monoisotopic (exact) mass is 271 g/mol. The minimum atomic E-state index is -0.525. The Bertz CT molecular complexity index is 451. The Hall–Kier alpha value is -1.66. The average Bonchev–Trinajstić information content (AvgIpc) is 2.32. The molecular weight excluding hydrogens is 258 g/mol. The molecule has 0 heterocycles. The number of hydrogen-bond acceptors (Lipinski definition) is 4. The first-order valence-electron chi connectivity index (χ1n) is 5.38. The zero-order valence-electron chi connectivity index (χ0n) is 9.90. The molecule has 0 saturated carbocycles. The van der Waals surface area contributed by atoms with Gasteiger partial charge in [-0.25, -0.2) is 0 Å². The number of hydrogen-bond donors (Lipinski definition) is 2. The molecule has 1 rings (SSSR count). The van der Waals surface area contributed by atoms with Crippen LogP contribution in [0.15, 0.2) is 18.2 Å². The average molecular weight is 272 g/mol. The van der Waals surface area contributed by atoms with Gasteiger partial charge in [0.15, 0.2) is 0 Å². The molecule has 0 bridgehead atoms. The summed E-state index contributed by atoms with van der Waals surface area (Å²) >= 11 is 5.88. The van der Waals surface area contributed by atoms with Crippen molar-refractivity contribution in [2.45, 2.75) is 6.42 Å². The predicted molar refractivity (Wildman–Crippen MR) is 68.7 cm³/mol. The molecule has 0 aromatic heterocycles. The number of amides is 1. The first kappa shape index (κ1) is 14.4.